The second-order valence-corrected chi connectivity index (χ2v) is 3.88. The number of hydrogen-bond acceptors (Lipinski definition) is 2. The van der Waals surface area contributed by atoms with Gasteiger partial charge in [-0.05, 0) is 12.1 Å². The van der Waals surface area contributed by atoms with Gasteiger partial charge in [0.2, 0.25) is 5.89 Å². The minimum Gasteiger partial charge on any atom is -0.436 e. The average Bonchev–Trinajstić information content (AvgIpc) is 2.90. The molecule has 3 rings (SSSR count). The number of benzene rings is 2. The molecule has 3 aromatic rings. The molecule has 1 aromatic heterocycles. The lowest BCUT2D eigenvalue weighted by atomic mass is 10.2. The van der Waals surface area contributed by atoms with Crippen molar-refractivity contribution in [2.45, 2.75) is 0 Å². The maximum atomic E-state index is 13.6. The van der Waals surface area contributed by atoms with E-state index < -0.39 is 0 Å². The number of hydrogen-bond donors (Lipinski definition) is 0. The van der Waals surface area contributed by atoms with E-state index in [1.165, 1.54) is 6.07 Å². The third-order valence-corrected chi connectivity index (χ3v) is 2.67. The van der Waals surface area contributed by atoms with E-state index in [1.807, 2.05) is 30.3 Å². The third kappa shape index (κ3) is 1.91. The summed E-state index contributed by atoms with van der Waals surface area (Å²) in [5.41, 5.74) is 1.30. The molecule has 0 aliphatic heterocycles. The zero-order valence-corrected chi connectivity index (χ0v) is 9.51. The maximum Gasteiger partial charge on any atom is 0.229 e. The van der Waals surface area contributed by atoms with E-state index in [0.717, 1.165) is 5.56 Å². The minimum atomic E-state index is -0.334. The molecule has 2 aromatic carbocycles. The van der Waals surface area contributed by atoms with Gasteiger partial charge in [0.1, 0.15) is 5.82 Å². The summed E-state index contributed by atoms with van der Waals surface area (Å²) >= 11 is 0. The first-order valence-corrected chi connectivity index (χ1v) is 5.61. The van der Waals surface area contributed by atoms with E-state index >= 15 is 0 Å². The molecule has 0 N–H and O–H groups in total. The highest BCUT2D eigenvalue weighted by atomic mass is 19.1. The van der Waals surface area contributed by atoms with Crippen LogP contribution < -0.4 is 0 Å². The number of halogens is 1. The van der Waals surface area contributed by atoms with Crippen molar-refractivity contribution in [2.75, 3.05) is 0 Å². The van der Waals surface area contributed by atoms with E-state index in [0.29, 0.717) is 17.2 Å². The van der Waals surface area contributed by atoms with Crippen molar-refractivity contribution in [2.24, 2.45) is 0 Å². The Labute approximate surface area is 104 Å². The third-order valence-electron chi connectivity index (χ3n) is 2.67. The molecule has 0 radical (unpaired) electrons. The van der Waals surface area contributed by atoms with Crippen molar-refractivity contribution in [3.8, 4) is 22.8 Å². The normalized spacial score (nSPS) is 10.5. The fourth-order valence-corrected chi connectivity index (χ4v) is 1.77. The van der Waals surface area contributed by atoms with Crippen LogP contribution in [-0.2, 0) is 0 Å². The summed E-state index contributed by atoms with van der Waals surface area (Å²) in [5.74, 6) is 0.597. The number of aromatic nitrogens is 1. The second-order valence-electron chi connectivity index (χ2n) is 3.88. The molecular weight excluding hydrogens is 229 g/mol. The predicted octanol–water partition coefficient (Wildman–Crippen LogP) is 4.15. The Kier molecular flexibility index (Phi) is 2.65. The first-order chi connectivity index (χ1) is 8.84. The van der Waals surface area contributed by atoms with Gasteiger partial charge in [-0.1, -0.05) is 42.5 Å². The van der Waals surface area contributed by atoms with Gasteiger partial charge < -0.3 is 4.42 Å². The van der Waals surface area contributed by atoms with E-state index in [4.69, 9.17) is 4.42 Å². The molecule has 0 saturated carbocycles. The van der Waals surface area contributed by atoms with Crippen LogP contribution in [0.25, 0.3) is 22.8 Å². The standard InChI is InChI=1S/C15H10FNO/c16-13-9-5-4-8-12(13)15-17-10-14(18-15)11-6-2-1-3-7-11/h1-10H. The summed E-state index contributed by atoms with van der Waals surface area (Å²) in [6, 6.07) is 16.0. The number of oxazole rings is 1. The Balaban J connectivity index is 2.03. The van der Waals surface area contributed by atoms with Crippen molar-refractivity contribution >= 4 is 0 Å². The van der Waals surface area contributed by atoms with Gasteiger partial charge in [-0.2, -0.15) is 0 Å². The lowest BCUT2D eigenvalue weighted by Crippen LogP contribution is -1.82. The Morgan fingerprint density at radius 2 is 1.61 bits per heavy atom. The second kappa shape index (κ2) is 4.45. The summed E-state index contributed by atoms with van der Waals surface area (Å²) < 4.78 is 19.2. The van der Waals surface area contributed by atoms with Gasteiger partial charge in [0.15, 0.2) is 5.76 Å². The smallest absolute Gasteiger partial charge is 0.229 e. The van der Waals surface area contributed by atoms with Crippen molar-refractivity contribution in [3.63, 3.8) is 0 Å². The highest BCUT2D eigenvalue weighted by Gasteiger charge is 2.11. The molecule has 0 aliphatic carbocycles. The molecule has 0 spiro atoms. The van der Waals surface area contributed by atoms with Gasteiger partial charge in [0.25, 0.3) is 0 Å². The van der Waals surface area contributed by atoms with Gasteiger partial charge in [-0.15, -0.1) is 0 Å². The van der Waals surface area contributed by atoms with Crippen LogP contribution in [0.1, 0.15) is 0 Å². The summed E-state index contributed by atoms with van der Waals surface area (Å²) in [4.78, 5) is 4.12. The molecule has 0 amide bonds. The van der Waals surface area contributed by atoms with Gasteiger partial charge >= 0.3 is 0 Å². The van der Waals surface area contributed by atoms with Crippen molar-refractivity contribution in [1.29, 1.82) is 0 Å². The Bertz CT molecular complexity index is 661. The van der Waals surface area contributed by atoms with Crippen LogP contribution in [0.3, 0.4) is 0 Å². The highest BCUT2D eigenvalue weighted by Crippen LogP contribution is 2.27. The van der Waals surface area contributed by atoms with Crippen molar-refractivity contribution < 1.29 is 8.81 Å². The Morgan fingerprint density at radius 1 is 0.889 bits per heavy atom. The average molecular weight is 239 g/mol. The number of rotatable bonds is 2. The summed E-state index contributed by atoms with van der Waals surface area (Å²) in [7, 11) is 0. The molecule has 0 aliphatic rings. The van der Waals surface area contributed by atoms with E-state index in [-0.39, 0.29) is 5.82 Å². The summed E-state index contributed by atoms with van der Waals surface area (Å²) in [5, 5.41) is 0. The van der Waals surface area contributed by atoms with Gasteiger partial charge in [-0.3, -0.25) is 0 Å². The van der Waals surface area contributed by atoms with Crippen LogP contribution in [0.5, 0.6) is 0 Å². The minimum absolute atomic E-state index is 0.298. The fourth-order valence-electron chi connectivity index (χ4n) is 1.77. The van der Waals surface area contributed by atoms with E-state index in [1.54, 1.807) is 24.4 Å². The van der Waals surface area contributed by atoms with Gasteiger partial charge in [0, 0.05) is 5.56 Å². The topological polar surface area (TPSA) is 26.0 Å². The molecule has 0 atom stereocenters. The molecule has 0 bridgehead atoms. The fraction of sp³-hybridized carbons (Fsp3) is 0. The SMILES string of the molecule is Fc1ccccc1-c1ncc(-c2ccccc2)o1. The predicted molar refractivity (Wildman–Crippen MR) is 67.3 cm³/mol. The van der Waals surface area contributed by atoms with Crippen LogP contribution in [0.4, 0.5) is 4.39 Å². The lowest BCUT2D eigenvalue weighted by Gasteiger charge is -1.97. The molecule has 3 heteroatoms. The van der Waals surface area contributed by atoms with E-state index in [2.05, 4.69) is 4.98 Å². The Hall–Kier alpha value is -2.42. The van der Waals surface area contributed by atoms with Crippen molar-refractivity contribution in [3.05, 3.63) is 66.6 Å². The highest BCUT2D eigenvalue weighted by molar-refractivity contribution is 5.61. The van der Waals surface area contributed by atoms with Crippen LogP contribution in [-0.4, -0.2) is 4.98 Å². The van der Waals surface area contributed by atoms with Crippen LogP contribution in [0.15, 0.2) is 65.2 Å². The van der Waals surface area contributed by atoms with Gasteiger partial charge in [-0.25, -0.2) is 9.37 Å². The molecule has 1 heterocycles. The monoisotopic (exact) mass is 239 g/mol. The summed E-state index contributed by atoms with van der Waals surface area (Å²) in [6.07, 6.45) is 1.61. The molecular formula is C15H10FNO. The quantitative estimate of drug-likeness (QED) is 0.671. The zero-order chi connectivity index (χ0) is 12.4. The largest absolute Gasteiger partial charge is 0.436 e. The first-order valence-electron chi connectivity index (χ1n) is 5.61. The molecule has 18 heavy (non-hydrogen) atoms. The lowest BCUT2D eigenvalue weighted by molar-refractivity contribution is 0.573. The Morgan fingerprint density at radius 3 is 2.39 bits per heavy atom. The molecule has 0 fully saturated rings. The van der Waals surface area contributed by atoms with Crippen LogP contribution >= 0.6 is 0 Å². The van der Waals surface area contributed by atoms with Gasteiger partial charge in [0.05, 0.1) is 11.8 Å². The molecule has 2 nitrogen and oxygen atoms in total. The van der Waals surface area contributed by atoms with E-state index in [9.17, 15) is 4.39 Å². The van der Waals surface area contributed by atoms with Crippen molar-refractivity contribution in [1.82, 2.24) is 4.98 Å². The van der Waals surface area contributed by atoms with Crippen LogP contribution in [0.2, 0.25) is 0 Å². The first kappa shape index (κ1) is 10.7. The molecule has 0 saturated heterocycles. The van der Waals surface area contributed by atoms with Crippen LogP contribution in [0, 0.1) is 5.82 Å². The number of nitrogens with zero attached hydrogens (tertiary/aromatic N) is 1. The maximum absolute atomic E-state index is 13.6. The molecule has 88 valence electrons. The zero-order valence-electron chi connectivity index (χ0n) is 9.51. The summed E-state index contributed by atoms with van der Waals surface area (Å²) in [6.45, 7) is 0. The molecule has 0 unspecified atom stereocenters.